The van der Waals surface area contributed by atoms with Crippen LogP contribution in [0.1, 0.15) is 12.8 Å². The van der Waals surface area contributed by atoms with Crippen molar-refractivity contribution in [3.05, 3.63) is 0 Å². The van der Waals surface area contributed by atoms with Crippen molar-refractivity contribution in [2.75, 3.05) is 33.2 Å². The molecule has 1 rings (SSSR count). The van der Waals surface area contributed by atoms with E-state index in [1.165, 1.54) is 0 Å². The Bertz CT molecular complexity index is 188. The number of nitrogens with zero attached hydrogens (tertiary/aromatic N) is 1. The third-order valence-corrected chi connectivity index (χ3v) is 1.86. The minimum absolute atomic E-state index is 0.107. The number of hydrogen-bond donors (Lipinski definition) is 0. The maximum Gasteiger partial charge on any atom is 0.194 e. The maximum absolute atomic E-state index is 12.0. The molecule has 0 atom stereocenters. The lowest BCUT2D eigenvalue weighted by molar-refractivity contribution is -0.0936. The van der Waals surface area contributed by atoms with E-state index in [9.17, 15) is 8.78 Å². The minimum atomic E-state index is -0.557. The first-order valence-electron chi connectivity index (χ1n) is 4.89. The molecule has 0 bridgehead atoms. The Hall–Kier alpha value is -0.750. The van der Waals surface area contributed by atoms with E-state index in [1.54, 1.807) is 0 Å². The van der Waals surface area contributed by atoms with Gasteiger partial charge in [0, 0.05) is 12.8 Å². The van der Waals surface area contributed by atoms with Crippen LogP contribution in [0, 0.1) is 0 Å². The summed E-state index contributed by atoms with van der Waals surface area (Å²) in [6.45, 7) is 0.123. The summed E-state index contributed by atoms with van der Waals surface area (Å²) in [6.07, 6.45) is -0.196. The quantitative estimate of drug-likeness (QED) is 0.484. The average Bonchev–Trinajstić information content (AvgIpc) is 2.71. The molecule has 0 radical (unpaired) electrons. The molecule has 88 valence electrons. The predicted molar refractivity (Wildman–Crippen MR) is 50.3 cm³/mol. The van der Waals surface area contributed by atoms with Crippen molar-refractivity contribution >= 4 is 5.71 Å². The van der Waals surface area contributed by atoms with Crippen LogP contribution in [0.2, 0.25) is 0 Å². The van der Waals surface area contributed by atoms with Crippen molar-refractivity contribution in [1.82, 2.24) is 0 Å². The monoisotopic (exact) mass is 223 g/mol. The van der Waals surface area contributed by atoms with Gasteiger partial charge in [-0.15, -0.1) is 0 Å². The van der Waals surface area contributed by atoms with E-state index in [1.807, 2.05) is 0 Å². The average molecular weight is 223 g/mol. The summed E-state index contributed by atoms with van der Waals surface area (Å²) in [7, 11) is 0. The molecule has 1 aliphatic heterocycles. The zero-order chi connectivity index (χ0) is 10.9. The van der Waals surface area contributed by atoms with E-state index in [0.29, 0.717) is 18.9 Å². The second-order valence-electron chi connectivity index (χ2n) is 3.00. The summed E-state index contributed by atoms with van der Waals surface area (Å²) in [5.74, 6) is 0. The van der Waals surface area contributed by atoms with Crippen LogP contribution in [0.5, 0.6) is 0 Å². The highest BCUT2D eigenvalue weighted by Gasteiger charge is 2.16. The molecule has 0 aromatic heterocycles. The molecule has 6 heteroatoms. The molecule has 1 fully saturated rings. The summed E-state index contributed by atoms with van der Waals surface area (Å²) < 4.78 is 34.2. The second kappa shape index (κ2) is 7.53. The van der Waals surface area contributed by atoms with Crippen LogP contribution in [0.4, 0.5) is 8.78 Å². The van der Waals surface area contributed by atoms with E-state index in [4.69, 9.17) is 14.3 Å². The van der Waals surface area contributed by atoms with Crippen molar-refractivity contribution < 1.29 is 23.1 Å². The highest BCUT2D eigenvalue weighted by molar-refractivity contribution is 5.84. The minimum Gasteiger partial charge on any atom is -0.390 e. The lowest BCUT2D eigenvalue weighted by Crippen LogP contribution is -2.15. The topological polar surface area (TPSA) is 40.0 Å². The molecule has 15 heavy (non-hydrogen) atoms. The van der Waals surface area contributed by atoms with Gasteiger partial charge in [0.05, 0.1) is 32.3 Å². The standard InChI is InChI=1S/C9H15F2NO3/c10-3-1-8(2-4-11)12-15-7-9-13-5-6-14-9/h9H,1-7H2. The van der Waals surface area contributed by atoms with Crippen molar-refractivity contribution in [2.45, 2.75) is 19.1 Å². The second-order valence-corrected chi connectivity index (χ2v) is 3.00. The van der Waals surface area contributed by atoms with Gasteiger partial charge in [0.2, 0.25) is 0 Å². The molecule has 0 aliphatic carbocycles. The Morgan fingerprint density at radius 2 is 1.80 bits per heavy atom. The number of rotatable bonds is 7. The number of alkyl halides is 2. The van der Waals surface area contributed by atoms with Crippen LogP contribution in [0.3, 0.4) is 0 Å². The number of hydrogen-bond acceptors (Lipinski definition) is 4. The smallest absolute Gasteiger partial charge is 0.194 e. The lowest BCUT2D eigenvalue weighted by atomic mass is 10.2. The molecule has 0 amide bonds. The molecule has 0 aromatic carbocycles. The molecule has 0 aromatic rings. The van der Waals surface area contributed by atoms with Gasteiger partial charge in [-0.1, -0.05) is 5.16 Å². The van der Waals surface area contributed by atoms with Crippen LogP contribution in [0.15, 0.2) is 5.16 Å². The summed E-state index contributed by atoms with van der Waals surface area (Å²) >= 11 is 0. The number of ether oxygens (including phenoxy) is 2. The molecule has 1 saturated heterocycles. The molecular formula is C9H15F2NO3. The highest BCUT2D eigenvalue weighted by atomic mass is 19.1. The fourth-order valence-electron chi connectivity index (χ4n) is 1.13. The molecule has 1 aliphatic rings. The van der Waals surface area contributed by atoms with E-state index in [-0.39, 0.29) is 19.4 Å². The van der Waals surface area contributed by atoms with Crippen LogP contribution in [-0.2, 0) is 14.3 Å². The molecule has 0 N–H and O–H groups in total. The Morgan fingerprint density at radius 3 is 2.33 bits per heavy atom. The molecule has 0 saturated carbocycles. The third kappa shape index (κ3) is 5.03. The Kier molecular flexibility index (Phi) is 6.18. The molecule has 0 unspecified atom stereocenters. The number of oxime groups is 1. The first kappa shape index (κ1) is 12.3. The zero-order valence-electron chi connectivity index (χ0n) is 8.45. The highest BCUT2D eigenvalue weighted by Crippen LogP contribution is 2.04. The first-order valence-corrected chi connectivity index (χ1v) is 4.89. The van der Waals surface area contributed by atoms with Gasteiger partial charge in [-0.25, -0.2) is 0 Å². The van der Waals surface area contributed by atoms with Gasteiger partial charge in [-0.3, -0.25) is 8.78 Å². The lowest BCUT2D eigenvalue weighted by Gasteiger charge is -2.07. The van der Waals surface area contributed by atoms with Crippen LogP contribution < -0.4 is 0 Å². The third-order valence-electron chi connectivity index (χ3n) is 1.86. The number of halogens is 2. The van der Waals surface area contributed by atoms with Crippen LogP contribution in [0.25, 0.3) is 0 Å². The molecule has 0 spiro atoms. The molecule has 4 nitrogen and oxygen atoms in total. The van der Waals surface area contributed by atoms with Crippen molar-refractivity contribution in [3.8, 4) is 0 Å². The van der Waals surface area contributed by atoms with Gasteiger partial charge in [-0.05, 0) is 0 Å². The SMILES string of the molecule is FCCC(CCF)=NOCC1OCCO1. The maximum atomic E-state index is 12.0. The van der Waals surface area contributed by atoms with E-state index >= 15 is 0 Å². The van der Waals surface area contributed by atoms with Gasteiger partial charge < -0.3 is 14.3 Å². The summed E-state index contributed by atoms with van der Waals surface area (Å²) in [4.78, 5) is 4.89. The van der Waals surface area contributed by atoms with Gasteiger partial charge in [0.15, 0.2) is 12.9 Å². The molecule has 1 heterocycles. The van der Waals surface area contributed by atoms with E-state index < -0.39 is 19.6 Å². The summed E-state index contributed by atoms with van der Waals surface area (Å²) in [5, 5.41) is 3.64. The summed E-state index contributed by atoms with van der Waals surface area (Å²) in [6, 6.07) is 0. The Labute approximate surface area is 87.2 Å². The van der Waals surface area contributed by atoms with Crippen molar-refractivity contribution in [2.24, 2.45) is 5.16 Å². The summed E-state index contributed by atoms with van der Waals surface area (Å²) in [5.41, 5.74) is 0.387. The van der Waals surface area contributed by atoms with Gasteiger partial charge in [0.1, 0.15) is 0 Å². The van der Waals surface area contributed by atoms with E-state index in [2.05, 4.69) is 5.16 Å². The first-order chi connectivity index (χ1) is 7.36. The zero-order valence-corrected chi connectivity index (χ0v) is 8.45. The van der Waals surface area contributed by atoms with Gasteiger partial charge in [0.25, 0.3) is 0 Å². The fourth-order valence-corrected chi connectivity index (χ4v) is 1.13. The fraction of sp³-hybridized carbons (Fsp3) is 0.889. The van der Waals surface area contributed by atoms with Crippen molar-refractivity contribution in [1.29, 1.82) is 0 Å². The predicted octanol–water partition coefficient (Wildman–Crippen LogP) is 1.45. The largest absolute Gasteiger partial charge is 0.390 e. The molecular weight excluding hydrogens is 208 g/mol. The Morgan fingerprint density at radius 1 is 1.20 bits per heavy atom. The van der Waals surface area contributed by atoms with Gasteiger partial charge >= 0.3 is 0 Å². The van der Waals surface area contributed by atoms with Crippen molar-refractivity contribution in [3.63, 3.8) is 0 Å². The van der Waals surface area contributed by atoms with Crippen LogP contribution in [-0.4, -0.2) is 45.2 Å². The normalized spacial score (nSPS) is 16.7. The van der Waals surface area contributed by atoms with Gasteiger partial charge in [-0.2, -0.15) is 0 Å². The Balaban J connectivity index is 2.19. The van der Waals surface area contributed by atoms with Crippen LogP contribution >= 0.6 is 0 Å². The van der Waals surface area contributed by atoms with E-state index in [0.717, 1.165) is 0 Å².